The van der Waals surface area contributed by atoms with Gasteiger partial charge in [-0.05, 0) is 12.8 Å². The largest absolute Gasteiger partial charge is 0.369 e. The molecule has 0 heterocycles. The number of carbonyl (C=O) groups excluding carboxylic acids is 1. The predicted octanol–water partition coefficient (Wildman–Crippen LogP) is 0.907. The summed E-state index contributed by atoms with van der Waals surface area (Å²) in [4.78, 5) is 10.4. The molecule has 1 saturated carbocycles. The van der Waals surface area contributed by atoms with Crippen LogP contribution in [0.5, 0.6) is 0 Å². The maximum atomic E-state index is 12.6. The van der Waals surface area contributed by atoms with Crippen LogP contribution in [0.25, 0.3) is 0 Å². The number of hydrogen-bond acceptors (Lipinski definition) is 1. The lowest BCUT2D eigenvalue weighted by Crippen LogP contribution is -2.33. The van der Waals surface area contributed by atoms with Crippen molar-refractivity contribution in [3.63, 3.8) is 0 Å². The summed E-state index contributed by atoms with van der Waals surface area (Å²) in [5, 5.41) is 0. The van der Waals surface area contributed by atoms with Crippen molar-refractivity contribution in [1.82, 2.24) is 0 Å². The van der Waals surface area contributed by atoms with Crippen LogP contribution in [-0.2, 0) is 4.79 Å². The molecule has 2 N–H and O–H groups in total. The molecule has 4 heteroatoms. The highest BCUT2D eigenvalue weighted by molar-refractivity contribution is 5.78. The summed E-state index contributed by atoms with van der Waals surface area (Å²) >= 11 is 0. The van der Waals surface area contributed by atoms with Crippen LogP contribution in [0.2, 0.25) is 0 Å². The third-order valence-corrected chi connectivity index (χ3v) is 1.86. The van der Waals surface area contributed by atoms with Gasteiger partial charge in [0.2, 0.25) is 5.91 Å². The van der Waals surface area contributed by atoms with Gasteiger partial charge in [-0.1, -0.05) is 0 Å². The highest BCUT2D eigenvalue weighted by Gasteiger charge is 2.46. The molecule has 1 amide bonds. The Morgan fingerprint density at radius 1 is 1.60 bits per heavy atom. The number of alkyl halides is 2. The van der Waals surface area contributed by atoms with Crippen molar-refractivity contribution in [3.05, 3.63) is 0 Å². The fourth-order valence-electron chi connectivity index (χ4n) is 1.28. The topological polar surface area (TPSA) is 43.1 Å². The van der Waals surface area contributed by atoms with E-state index in [0.29, 0.717) is 6.42 Å². The third-order valence-electron chi connectivity index (χ3n) is 1.86. The van der Waals surface area contributed by atoms with Gasteiger partial charge in [-0.15, -0.1) is 0 Å². The molecule has 0 spiro atoms. The van der Waals surface area contributed by atoms with Gasteiger partial charge in [0, 0.05) is 6.42 Å². The number of hydrogen-bond donors (Lipinski definition) is 1. The molecule has 1 fully saturated rings. The van der Waals surface area contributed by atoms with Crippen LogP contribution in [0.1, 0.15) is 19.3 Å². The number of amides is 1. The fourth-order valence-corrected chi connectivity index (χ4v) is 1.28. The summed E-state index contributed by atoms with van der Waals surface area (Å²) < 4.78 is 25.1. The van der Waals surface area contributed by atoms with Crippen molar-refractivity contribution in [3.8, 4) is 0 Å². The summed E-state index contributed by atoms with van der Waals surface area (Å²) in [6, 6.07) is 0. The van der Waals surface area contributed by atoms with E-state index in [1.54, 1.807) is 0 Å². The molecule has 1 aliphatic carbocycles. The van der Waals surface area contributed by atoms with E-state index in [2.05, 4.69) is 0 Å². The molecule has 0 bridgehead atoms. The molecule has 0 saturated heterocycles. The summed E-state index contributed by atoms with van der Waals surface area (Å²) in [5.41, 5.74) is 4.75. The molecule has 1 aliphatic rings. The normalized spacial score (nSPS) is 30.4. The second-order valence-corrected chi connectivity index (χ2v) is 2.61. The highest BCUT2D eigenvalue weighted by atomic mass is 19.3. The molecule has 10 heavy (non-hydrogen) atoms. The van der Waals surface area contributed by atoms with E-state index in [4.69, 9.17) is 5.73 Å². The van der Waals surface area contributed by atoms with Crippen molar-refractivity contribution < 1.29 is 13.6 Å². The number of halogens is 2. The third kappa shape index (κ3) is 1.10. The summed E-state index contributed by atoms with van der Waals surface area (Å²) in [6.45, 7) is 0. The molecular formula is C6H9F2NO. The minimum atomic E-state index is -2.84. The molecule has 0 radical (unpaired) electrons. The SMILES string of the molecule is NC(=O)C1CCCC1(F)F. The Morgan fingerprint density at radius 3 is 2.40 bits per heavy atom. The Labute approximate surface area is 57.4 Å². The van der Waals surface area contributed by atoms with E-state index in [0.717, 1.165) is 0 Å². The van der Waals surface area contributed by atoms with Gasteiger partial charge < -0.3 is 5.73 Å². The number of carbonyl (C=O) groups is 1. The Balaban J connectivity index is 2.68. The Hall–Kier alpha value is -0.670. The first-order valence-corrected chi connectivity index (χ1v) is 3.21. The minimum absolute atomic E-state index is 0.194. The van der Waals surface area contributed by atoms with Crippen molar-refractivity contribution in [1.29, 1.82) is 0 Å². The Bertz CT molecular complexity index is 158. The van der Waals surface area contributed by atoms with Gasteiger partial charge in [-0.3, -0.25) is 4.79 Å². The van der Waals surface area contributed by atoms with E-state index in [1.807, 2.05) is 0 Å². The first kappa shape index (κ1) is 7.44. The van der Waals surface area contributed by atoms with Crippen LogP contribution >= 0.6 is 0 Å². The fraction of sp³-hybridized carbons (Fsp3) is 0.833. The van der Waals surface area contributed by atoms with E-state index >= 15 is 0 Å². The second kappa shape index (κ2) is 2.18. The van der Waals surface area contributed by atoms with Gasteiger partial charge in [0.05, 0.1) is 0 Å². The molecule has 1 rings (SSSR count). The van der Waals surface area contributed by atoms with Gasteiger partial charge in [-0.25, -0.2) is 8.78 Å². The van der Waals surface area contributed by atoms with E-state index in [1.165, 1.54) is 0 Å². The molecule has 0 aromatic heterocycles. The van der Waals surface area contributed by atoms with E-state index in [9.17, 15) is 13.6 Å². The molecule has 2 nitrogen and oxygen atoms in total. The lowest BCUT2D eigenvalue weighted by molar-refractivity contribution is -0.132. The Morgan fingerprint density at radius 2 is 2.20 bits per heavy atom. The van der Waals surface area contributed by atoms with Crippen LogP contribution in [0, 0.1) is 5.92 Å². The van der Waals surface area contributed by atoms with Gasteiger partial charge in [0.25, 0.3) is 5.92 Å². The molecule has 0 aliphatic heterocycles. The molecule has 1 unspecified atom stereocenters. The first-order valence-electron chi connectivity index (χ1n) is 3.21. The zero-order chi connectivity index (χ0) is 7.78. The monoisotopic (exact) mass is 149 g/mol. The van der Waals surface area contributed by atoms with Gasteiger partial charge in [0.1, 0.15) is 5.92 Å². The van der Waals surface area contributed by atoms with Crippen LogP contribution in [0.4, 0.5) is 8.78 Å². The van der Waals surface area contributed by atoms with Crippen LogP contribution < -0.4 is 5.73 Å². The summed E-state index contributed by atoms with van der Waals surface area (Å²) in [7, 11) is 0. The second-order valence-electron chi connectivity index (χ2n) is 2.61. The van der Waals surface area contributed by atoms with E-state index in [-0.39, 0.29) is 12.8 Å². The lowest BCUT2D eigenvalue weighted by Gasteiger charge is -2.14. The Kier molecular flexibility index (Phi) is 1.62. The quantitative estimate of drug-likeness (QED) is 0.591. The molecule has 1 atom stereocenters. The smallest absolute Gasteiger partial charge is 0.259 e. The van der Waals surface area contributed by atoms with Crippen molar-refractivity contribution in [2.75, 3.05) is 0 Å². The van der Waals surface area contributed by atoms with Gasteiger partial charge in [-0.2, -0.15) is 0 Å². The average Bonchev–Trinajstić information content (AvgIpc) is 2.08. The van der Waals surface area contributed by atoms with Crippen LogP contribution in [0.15, 0.2) is 0 Å². The predicted molar refractivity (Wildman–Crippen MR) is 31.5 cm³/mol. The molecule has 0 aromatic rings. The van der Waals surface area contributed by atoms with Gasteiger partial charge >= 0.3 is 0 Å². The number of primary amides is 1. The molecular weight excluding hydrogens is 140 g/mol. The first-order chi connectivity index (χ1) is 4.54. The van der Waals surface area contributed by atoms with Gasteiger partial charge in [0.15, 0.2) is 0 Å². The summed E-state index contributed by atoms with van der Waals surface area (Å²) in [6.07, 6.45) is 0.448. The maximum Gasteiger partial charge on any atom is 0.259 e. The average molecular weight is 149 g/mol. The highest BCUT2D eigenvalue weighted by Crippen LogP contribution is 2.39. The lowest BCUT2D eigenvalue weighted by atomic mass is 10.1. The zero-order valence-electron chi connectivity index (χ0n) is 5.44. The standard InChI is InChI=1S/C6H9F2NO/c7-6(8)3-1-2-4(6)5(9)10/h4H,1-3H2,(H2,9,10). The van der Waals surface area contributed by atoms with E-state index < -0.39 is 17.7 Å². The summed E-state index contributed by atoms with van der Waals surface area (Å²) in [5.74, 6) is -4.93. The molecule has 58 valence electrons. The van der Waals surface area contributed by atoms with Crippen molar-refractivity contribution >= 4 is 5.91 Å². The zero-order valence-corrected chi connectivity index (χ0v) is 5.44. The maximum absolute atomic E-state index is 12.6. The number of nitrogens with two attached hydrogens (primary N) is 1. The van der Waals surface area contributed by atoms with Crippen LogP contribution in [-0.4, -0.2) is 11.8 Å². The van der Waals surface area contributed by atoms with Crippen molar-refractivity contribution in [2.24, 2.45) is 11.7 Å². The van der Waals surface area contributed by atoms with Crippen LogP contribution in [0.3, 0.4) is 0 Å². The minimum Gasteiger partial charge on any atom is -0.369 e. The molecule has 0 aromatic carbocycles. The van der Waals surface area contributed by atoms with Crippen molar-refractivity contribution in [2.45, 2.75) is 25.2 Å². The number of rotatable bonds is 1.